The van der Waals surface area contributed by atoms with Gasteiger partial charge in [-0.05, 0) is 32.0 Å². The third-order valence-electron chi connectivity index (χ3n) is 4.13. The summed E-state index contributed by atoms with van der Waals surface area (Å²) in [5.41, 5.74) is 3.50. The standard InChI is InChI=1S/C17H22N4/c1-20(2)17-18-12-14(13-8-5-4-6-9-13)16(19-17)15-10-7-11-21(15)3/h4-6,8-9,12,15H,7,10-11H2,1-3H3/t15-/m0/s1. The zero-order valence-corrected chi connectivity index (χ0v) is 13.0. The van der Waals surface area contributed by atoms with E-state index in [4.69, 9.17) is 4.98 Å². The molecule has 1 saturated heterocycles. The Hall–Kier alpha value is -1.94. The smallest absolute Gasteiger partial charge is 0.225 e. The number of hydrogen-bond donors (Lipinski definition) is 0. The van der Waals surface area contributed by atoms with E-state index in [2.05, 4.69) is 41.2 Å². The van der Waals surface area contributed by atoms with Crippen LogP contribution >= 0.6 is 0 Å². The maximum atomic E-state index is 4.85. The number of rotatable bonds is 3. The van der Waals surface area contributed by atoms with Crippen LogP contribution in [0.4, 0.5) is 5.95 Å². The molecular weight excluding hydrogens is 260 g/mol. The highest BCUT2D eigenvalue weighted by atomic mass is 15.2. The van der Waals surface area contributed by atoms with Crippen LogP contribution in [0.15, 0.2) is 36.5 Å². The van der Waals surface area contributed by atoms with Crippen molar-refractivity contribution in [3.63, 3.8) is 0 Å². The summed E-state index contributed by atoms with van der Waals surface area (Å²) in [4.78, 5) is 13.7. The SMILES string of the molecule is CN(C)c1ncc(-c2ccccc2)c([C@@H]2CCCN2C)n1. The van der Waals surface area contributed by atoms with E-state index in [1.165, 1.54) is 18.4 Å². The van der Waals surface area contributed by atoms with Gasteiger partial charge in [-0.3, -0.25) is 4.90 Å². The van der Waals surface area contributed by atoms with Crippen LogP contribution in [0.2, 0.25) is 0 Å². The van der Waals surface area contributed by atoms with Crippen molar-refractivity contribution in [2.45, 2.75) is 18.9 Å². The largest absolute Gasteiger partial charge is 0.347 e. The highest BCUT2D eigenvalue weighted by Gasteiger charge is 2.27. The first-order chi connectivity index (χ1) is 10.2. The number of aromatic nitrogens is 2. The van der Waals surface area contributed by atoms with E-state index in [1.807, 2.05) is 31.3 Å². The fraction of sp³-hybridized carbons (Fsp3) is 0.412. The summed E-state index contributed by atoms with van der Waals surface area (Å²) in [6.07, 6.45) is 4.37. The Morgan fingerprint density at radius 2 is 1.95 bits per heavy atom. The monoisotopic (exact) mass is 282 g/mol. The molecule has 1 aromatic carbocycles. The zero-order chi connectivity index (χ0) is 14.8. The summed E-state index contributed by atoms with van der Waals surface area (Å²) in [5, 5.41) is 0. The molecule has 0 amide bonds. The highest BCUT2D eigenvalue weighted by Crippen LogP contribution is 2.35. The van der Waals surface area contributed by atoms with Crippen molar-refractivity contribution in [2.24, 2.45) is 0 Å². The van der Waals surface area contributed by atoms with Gasteiger partial charge in [-0.2, -0.15) is 0 Å². The first kappa shape index (κ1) is 14.0. The van der Waals surface area contributed by atoms with Crippen LogP contribution in [-0.4, -0.2) is 42.6 Å². The van der Waals surface area contributed by atoms with E-state index in [0.29, 0.717) is 6.04 Å². The molecule has 0 radical (unpaired) electrons. The van der Waals surface area contributed by atoms with Crippen molar-refractivity contribution in [3.05, 3.63) is 42.2 Å². The lowest BCUT2D eigenvalue weighted by atomic mass is 10.00. The van der Waals surface area contributed by atoms with Crippen LogP contribution in [0.25, 0.3) is 11.1 Å². The Labute approximate surface area is 126 Å². The molecular formula is C17H22N4. The first-order valence-corrected chi connectivity index (χ1v) is 7.46. The van der Waals surface area contributed by atoms with E-state index in [0.717, 1.165) is 23.8 Å². The van der Waals surface area contributed by atoms with Crippen LogP contribution in [0.1, 0.15) is 24.6 Å². The Morgan fingerprint density at radius 1 is 1.19 bits per heavy atom. The van der Waals surface area contributed by atoms with Gasteiger partial charge in [0, 0.05) is 25.9 Å². The van der Waals surface area contributed by atoms with Crippen molar-refractivity contribution in [3.8, 4) is 11.1 Å². The van der Waals surface area contributed by atoms with Crippen LogP contribution in [0, 0.1) is 0 Å². The van der Waals surface area contributed by atoms with Gasteiger partial charge in [0.2, 0.25) is 5.95 Å². The van der Waals surface area contributed by atoms with Gasteiger partial charge in [0.05, 0.1) is 11.7 Å². The minimum Gasteiger partial charge on any atom is -0.347 e. The van der Waals surface area contributed by atoms with Crippen molar-refractivity contribution < 1.29 is 0 Å². The number of hydrogen-bond acceptors (Lipinski definition) is 4. The fourth-order valence-corrected chi connectivity index (χ4v) is 2.95. The van der Waals surface area contributed by atoms with Crippen LogP contribution in [-0.2, 0) is 0 Å². The fourth-order valence-electron chi connectivity index (χ4n) is 2.95. The maximum absolute atomic E-state index is 4.85. The average molecular weight is 282 g/mol. The predicted molar refractivity (Wildman–Crippen MR) is 86.4 cm³/mol. The second-order valence-corrected chi connectivity index (χ2v) is 5.87. The minimum atomic E-state index is 0.391. The summed E-state index contributed by atoms with van der Waals surface area (Å²) in [7, 11) is 6.16. The number of anilines is 1. The molecule has 0 bridgehead atoms. The van der Waals surface area contributed by atoms with Crippen LogP contribution in [0.3, 0.4) is 0 Å². The lowest BCUT2D eigenvalue weighted by Gasteiger charge is -2.23. The van der Waals surface area contributed by atoms with Gasteiger partial charge in [-0.25, -0.2) is 9.97 Å². The Balaban J connectivity index is 2.11. The number of benzene rings is 1. The Kier molecular flexibility index (Phi) is 3.88. The molecule has 110 valence electrons. The molecule has 1 aromatic heterocycles. The molecule has 1 aliphatic rings. The normalized spacial score (nSPS) is 18.9. The van der Waals surface area contributed by atoms with Gasteiger partial charge in [-0.15, -0.1) is 0 Å². The van der Waals surface area contributed by atoms with Crippen LogP contribution < -0.4 is 4.90 Å². The quantitative estimate of drug-likeness (QED) is 0.866. The molecule has 4 nitrogen and oxygen atoms in total. The van der Waals surface area contributed by atoms with Crippen LogP contribution in [0.5, 0.6) is 0 Å². The van der Waals surface area contributed by atoms with E-state index < -0.39 is 0 Å². The van der Waals surface area contributed by atoms with E-state index >= 15 is 0 Å². The van der Waals surface area contributed by atoms with E-state index in [9.17, 15) is 0 Å². The van der Waals surface area contributed by atoms with Gasteiger partial charge >= 0.3 is 0 Å². The van der Waals surface area contributed by atoms with Crippen molar-refractivity contribution in [1.29, 1.82) is 0 Å². The van der Waals surface area contributed by atoms with Gasteiger partial charge in [0.15, 0.2) is 0 Å². The summed E-state index contributed by atoms with van der Waals surface area (Å²) in [5.74, 6) is 0.782. The summed E-state index contributed by atoms with van der Waals surface area (Å²) < 4.78 is 0. The molecule has 1 atom stereocenters. The molecule has 0 spiro atoms. The molecule has 2 heterocycles. The van der Waals surface area contributed by atoms with Crippen molar-refractivity contribution >= 4 is 5.95 Å². The molecule has 2 aromatic rings. The second kappa shape index (κ2) is 5.82. The van der Waals surface area contributed by atoms with Gasteiger partial charge < -0.3 is 4.90 Å². The highest BCUT2D eigenvalue weighted by molar-refractivity contribution is 5.66. The van der Waals surface area contributed by atoms with Crippen molar-refractivity contribution in [1.82, 2.24) is 14.9 Å². The lowest BCUT2D eigenvalue weighted by molar-refractivity contribution is 0.312. The molecule has 0 N–H and O–H groups in total. The lowest BCUT2D eigenvalue weighted by Crippen LogP contribution is -2.21. The number of likely N-dealkylation sites (tertiary alicyclic amines) is 1. The Morgan fingerprint density at radius 3 is 2.57 bits per heavy atom. The zero-order valence-electron chi connectivity index (χ0n) is 13.0. The molecule has 0 aliphatic carbocycles. The number of nitrogens with zero attached hydrogens (tertiary/aromatic N) is 4. The molecule has 0 unspecified atom stereocenters. The average Bonchev–Trinajstić information content (AvgIpc) is 2.93. The second-order valence-electron chi connectivity index (χ2n) is 5.87. The molecule has 0 saturated carbocycles. The van der Waals surface area contributed by atoms with Gasteiger partial charge in [0.25, 0.3) is 0 Å². The topological polar surface area (TPSA) is 32.3 Å². The molecule has 4 heteroatoms. The predicted octanol–water partition coefficient (Wildman–Crippen LogP) is 2.98. The Bertz CT molecular complexity index is 609. The third-order valence-corrected chi connectivity index (χ3v) is 4.13. The van der Waals surface area contributed by atoms with E-state index in [1.54, 1.807) is 0 Å². The van der Waals surface area contributed by atoms with Gasteiger partial charge in [-0.1, -0.05) is 30.3 Å². The minimum absolute atomic E-state index is 0.391. The molecule has 1 aliphatic heterocycles. The molecule has 3 rings (SSSR count). The summed E-state index contributed by atoms with van der Waals surface area (Å²) in [6, 6.07) is 10.8. The van der Waals surface area contributed by atoms with E-state index in [-0.39, 0.29) is 0 Å². The maximum Gasteiger partial charge on any atom is 0.225 e. The summed E-state index contributed by atoms with van der Waals surface area (Å²) in [6.45, 7) is 1.14. The molecule has 21 heavy (non-hydrogen) atoms. The molecule has 1 fully saturated rings. The van der Waals surface area contributed by atoms with Crippen molar-refractivity contribution in [2.75, 3.05) is 32.6 Å². The van der Waals surface area contributed by atoms with Gasteiger partial charge in [0.1, 0.15) is 0 Å². The first-order valence-electron chi connectivity index (χ1n) is 7.46. The third kappa shape index (κ3) is 2.76. The summed E-state index contributed by atoms with van der Waals surface area (Å²) >= 11 is 0.